The second-order valence-corrected chi connectivity index (χ2v) is 3.65. The van der Waals surface area contributed by atoms with Crippen molar-refractivity contribution in [2.75, 3.05) is 27.7 Å². The van der Waals surface area contributed by atoms with Crippen LogP contribution in [0.15, 0.2) is 0 Å². The summed E-state index contributed by atoms with van der Waals surface area (Å²) in [6.07, 6.45) is 0.613. The van der Waals surface area contributed by atoms with Gasteiger partial charge in [0.1, 0.15) is 0 Å². The predicted octanol–water partition coefficient (Wildman–Crippen LogP) is 0.805. The molecule has 0 aliphatic rings. The highest BCUT2D eigenvalue weighted by molar-refractivity contribution is 5.76. The molecule has 0 aromatic carbocycles. The van der Waals surface area contributed by atoms with Gasteiger partial charge in [-0.3, -0.25) is 4.79 Å². The van der Waals surface area contributed by atoms with Crippen LogP contribution in [-0.2, 0) is 4.79 Å². The van der Waals surface area contributed by atoms with Gasteiger partial charge >= 0.3 is 0 Å². The summed E-state index contributed by atoms with van der Waals surface area (Å²) in [7, 11) is 5.80. The fraction of sp³-hybridized carbons (Fsp3) is 0.889. The van der Waals surface area contributed by atoms with Gasteiger partial charge in [0.05, 0.1) is 0 Å². The summed E-state index contributed by atoms with van der Waals surface area (Å²) < 4.78 is 0. The summed E-state index contributed by atoms with van der Waals surface area (Å²) in [5, 5.41) is 0. The molecule has 3 nitrogen and oxygen atoms in total. The van der Waals surface area contributed by atoms with E-state index in [1.54, 1.807) is 4.90 Å². The first-order valence-corrected chi connectivity index (χ1v) is 4.35. The van der Waals surface area contributed by atoms with Crippen LogP contribution >= 0.6 is 0 Å². The monoisotopic (exact) mass is 172 g/mol. The van der Waals surface area contributed by atoms with Crippen LogP contribution in [-0.4, -0.2) is 49.4 Å². The summed E-state index contributed by atoms with van der Waals surface area (Å²) in [5.41, 5.74) is 0. The number of nitrogens with zero attached hydrogens (tertiary/aromatic N) is 2. The van der Waals surface area contributed by atoms with Gasteiger partial charge in [0.2, 0.25) is 5.91 Å². The Bertz CT molecular complexity index is 143. The van der Waals surface area contributed by atoms with Crippen LogP contribution in [0.25, 0.3) is 0 Å². The van der Waals surface area contributed by atoms with Crippen molar-refractivity contribution in [2.45, 2.75) is 26.3 Å². The van der Waals surface area contributed by atoms with Crippen LogP contribution < -0.4 is 0 Å². The van der Waals surface area contributed by atoms with Crippen LogP contribution in [0.1, 0.15) is 20.3 Å². The summed E-state index contributed by atoms with van der Waals surface area (Å²) >= 11 is 0. The Morgan fingerprint density at radius 2 is 1.75 bits per heavy atom. The molecule has 0 rings (SSSR count). The van der Waals surface area contributed by atoms with Crippen molar-refractivity contribution in [3.05, 3.63) is 0 Å². The number of hydrogen-bond donors (Lipinski definition) is 0. The summed E-state index contributed by atoms with van der Waals surface area (Å²) in [5.74, 6) is 0.221. The van der Waals surface area contributed by atoms with E-state index < -0.39 is 0 Å². The van der Waals surface area contributed by atoms with E-state index in [4.69, 9.17) is 0 Å². The van der Waals surface area contributed by atoms with Crippen LogP contribution in [0.4, 0.5) is 0 Å². The maximum absolute atomic E-state index is 11.4. The molecule has 0 heterocycles. The van der Waals surface area contributed by atoms with Crippen molar-refractivity contribution < 1.29 is 4.79 Å². The van der Waals surface area contributed by atoms with Crippen LogP contribution in [0.3, 0.4) is 0 Å². The highest BCUT2D eigenvalue weighted by Gasteiger charge is 2.10. The van der Waals surface area contributed by atoms with E-state index in [9.17, 15) is 4.79 Å². The molecule has 0 radical (unpaired) electrons. The molecule has 0 aromatic rings. The Labute approximate surface area is 75.3 Å². The van der Waals surface area contributed by atoms with Gasteiger partial charge in [0, 0.05) is 26.1 Å². The van der Waals surface area contributed by atoms with Crippen molar-refractivity contribution in [1.82, 2.24) is 9.80 Å². The lowest BCUT2D eigenvalue weighted by molar-refractivity contribution is -0.131. The topological polar surface area (TPSA) is 23.6 Å². The van der Waals surface area contributed by atoms with Crippen molar-refractivity contribution in [3.63, 3.8) is 0 Å². The Morgan fingerprint density at radius 1 is 1.25 bits per heavy atom. The zero-order valence-electron chi connectivity index (χ0n) is 8.79. The second kappa shape index (κ2) is 5.14. The summed E-state index contributed by atoms with van der Waals surface area (Å²) in [4.78, 5) is 15.2. The number of carbonyl (C=O) groups is 1. The fourth-order valence-electron chi connectivity index (χ4n) is 0.784. The lowest BCUT2D eigenvalue weighted by atomic mass is 10.3. The first-order valence-electron chi connectivity index (χ1n) is 4.35. The maximum atomic E-state index is 11.4. The molecule has 3 heteroatoms. The second-order valence-electron chi connectivity index (χ2n) is 3.65. The van der Waals surface area contributed by atoms with Gasteiger partial charge in [-0.1, -0.05) is 0 Å². The molecule has 0 N–H and O–H groups in total. The first-order chi connectivity index (χ1) is 5.45. The van der Waals surface area contributed by atoms with Gasteiger partial charge in [-0.05, 0) is 27.9 Å². The van der Waals surface area contributed by atoms with E-state index in [0.29, 0.717) is 12.5 Å². The highest BCUT2D eigenvalue weighted by Crippen LogP contribution is 1.97. The number of amides is 1. The minimum atomic E-state index is 0.221. The van der Waals surface area contributed by atoms with Gasteiger partial charge in [-0.2, -0.15) is 0 Å². The number of hydrogen-bond acceptors (Lipinski definition) is 2. The standard InChI is InChI=1S/C9H20N2O/c1-8(2)11(5)9(12)6-7-10(3)4/h8H,6-7H2,1-5H3. The normalized spacial score (nSPS) is 10.9. The molecule has 72 valence electrons. The van der Waals surface area contributed by atoms with Gasteiger partial charge < -0.3 is 9.80 Å². The van der Waals surface area contributed by atoms with Gasteiger partial charge in [-0.15, -0.1) is 0 Å². The molecule has 0 unspecified atom stereocenters. The van der Waals surface area contributed by atoms with Gasteiger partial charge in [0.25, 0.3) is 0 Å². The molecular weight excluding hydrogens is 152 g/mol. The van der Waals surface area contributed by atoms with Crippen LogP contribution in [0, 0.1) is 0 Å². The predicted molar refractivity (Wildman–Crippen MR) is 51.1 cm³/mol. The minimum absolute atomic E-state index is 0.221. The Morgan fingerprint density at radius 3 is 2.08 bits per heavy atom. The quantitative estimate of drug-likeness (QED) is 0.626. The van der Waals surface area contributed by atoms with Crippen molar-refractivity contribution in [1.29, 1.82) is 0 Å². The molecule has 0 saturated heterocycles. The molecule has 0 saturated carbocycles. The fourth-order valence-corrected chi connectivity index (χ4v) is 0.784. The smallest absolute Gasteiger partial charge is 0.223 e. The summed E-state index contributed by atoms with van der Waals surface area (Å²) in [6.45, 7) is 4.87. The number of rotatable bonds is 4. The Hall–Kier alpha value is -0.570. The van der Waals surface area contributed by atoms with Crippen LogP contribution in [0.2, 0.25) is 0 Å². The van der Waals surface area contributed by atoms with E-state index in [1.165, 1.54) is 0 Å². The summed E-state index contributed by atoms with van der Waals surface area (Å²) in [6, 6.07) is 0.305. The average molecular weight is 172 g/mol. The average Bonchev–Trinajstić information content (AvgIpc) is 1.98. The van der Waals surface area contributed by atoms with E-state index in [2.05, 4.69) is 0 Å². The van der Waals surface area contributed by atoms with E-state index in [1.807, 2.05) is 39.9 Å². The van der Waals surface area contributed by atoms with E-state index >= 15 is 0 Å². The highest BCUT2D eigenvalue weighted by atomic mass is 16.2. The Kier molecular flexibility index (Phi) is 4.90. The molecule has 12 heavy (non-hydrogen) atoms. The van der Waals surface area contributed by atoms with Crippen molar-refractivity contribution >= 4 is 5.91 Å². The van der Waals surface area contributed by atoms with Crippen molar-refractivity contribution in [2.24, 2.45) is 0 Å². The third-order valence-electron chi connectivity index (χ3n) is 1.94. The lowest BCUT2D eigenvalue weighted by Crippen LogP contribution is -2.34. The van der Waals surface area contributed by atoms with Gasteiger partial charge in [0.15, 0.2) is 0 Å². The first kappa shape index (κ1) is 11.4. The molecule has 0 fully saturated rings. The molecule has 0 aromatic heterocycles. The lowest BCUT2D eigenvalue weighted by Gasteiger charge is -2.22. The number of carbonyl (C=O) groups excluding carboxylic acids is 1. The SMILES string of the molecule is CC(C)N(C)C(=O)CCN(C)C. The Balaban J connectivity index is 3.72. The minimum Gasteiger partial charge on any atom is -0.343 e. The maximum Gasteiger partial charge on any atom is 0.223 e. The largest absolute Gasteiger partial charge is 0.343 e. The third kappa shape index (κ3) is 4.34. The van der Waals surface area contributed by atoms with Crippen molar-refractivity contribution in [3.8, 4) is 0 Å². The zero-order valence-corrected chi connectivity index (χ0v) is 8.79. The zero-order chi connectivity index (χ0) is 9.72. The van der Waals surface area contributed by atoms with Crippen LogP contribution in [0.5, 0.6) is 0 Å². The molecule has 0 atom stereocenters. The molecule has 0 spiro atoms. The van der Waals surface area contributed by atoms with E-state index in [-0.39, 0.29) is 5.91 Å². The van der Waals surface area contributed by atoms with E-state index in [0.717, 1.165) is 6.54 Å². The molecule has 0 bridgehead atoms. The molecule has 0 aliphatic carbocycles. The molecule has 1 amide bonds. The molecular formula is C9H20N2O. The molecule has 0 aliphatic heterocycles. The van der Waals surface area contributed by atoms with Gasteiger partial charge in [-0.25, -0.2) is 0 Å². The third-order valence-corrected chi connectivity index (χ3v) is 1.94.